The van der Waals surface area contributed by atoms with E-state index in [0.717, 1.165) is 30.0 Å². The molecule has 0 spiro atoms. The quantitative estimate of drug-likeness (QED) is 0.840. The number of aryl methyl sites for hydroxylation is 1. The zero-order valence-corrected chi connectivity index (χ0v) is 10.4. The predicted octanol–water partition coefficient (Wildman–Crippen LogP) is 2.02. The fourth-order valence-corrected chi connectivity index (χ4v) is 1.64. The van der Waals surface area contributed by atoms with E-state index in [2.05, 4.69) is 27.2 Å². The minimum absolute atomic E-state index is 0.502. The highest BCUT2D eigenvalue weighted by Crippen LogP contribution is 2.11. The standard InChI is InChI=1S/C13H17N5/c1-2-4-12-17-11(14)7-13(18-12)16-9-10-5-3-6-15-8-10/h3,5-8H,2,4,9H2,1H3,(H3,14,16,17,18). The van der Waals surface area contributed by atoms with Crippen molar-refractivity contribution < 1.29 is 0 Å². The molecule has 2 rings (SSSR count). The minimum Gasteiger partial charge on any atom is -0.384 e. The molecule has 2 aromatic heterocycles. The van der Waals surface area contributed by atoms with E-state index >= 15 is 0 Å². The van der Waals surface area contributed by atoms with Crippen molar-refractivity contribution in [2.75, 3.05) is 11.1 Å². The average molecular weight is 243 g/mol. The fraction of sp³-hybridized carbons (Fsp3) is 0.308. The molecule has 5 heteroatoms. The lowest BCUT2D eigenvalue weighted by Gasteiger charge is -2.07. The summed E-state index contributed by atoms with van der Waals surface area (Å²) < 4.78 is 0. The smallest absolute Gasteiger partial charge is 0.133 e. The Morgan fingerprint density at radius 2 is 2.22 bits per heavy atom. The second-order valence-corrected chi connectivity index (χ2v) is 4.06. The van der Waals surface area contributed by atoms with Gasteiger partial charge < -0.3 is 11.1 Å². The summed E-state index contributed by atoms with van der Waals surface area (Å²) in [7, 11) is 0. The van der Waals surface area contributed by atoms with Crippen LogP contribution in [0.3, 0.4) is 0 Å². The van der Waals surface area contributed by atoms with E-state index in [0.29, 0.717) is 12.4 Å². The summed E-state index contributed by atoms with van der Waals surface area (Å²) >= 11 is 0. The van der Waals surface area contributed by atoms with Crippen LogP contribution in [0.1, 0.15) is 24.7 Å². The Morgan fingerprint density at radius 3 is 2.94 bits per heavy atom. The Labute approximate surface area is 106 Å². The molecule has 2 heterocycles. The maximum Gasteiger partial charge on any atom is 0.133 e. The Bertz CT molecular complexity index is 498. The Morgan fingerprint density at radius 1 is 1.33 bits per heavy atom. The van der Waals surface area contributed by atoms with Crippen molar-refractivity contribution in [1.82, 2.24) is 15.0 Å². The molecular formula is C13H17N5. The van der Waals surface area contributed by atoms with Crippen LogP contribution in [0.15, 0.2) is 30.6 Å². The van der Waals surface area contributed by atoms with Gasteiger partial charge in [-0.2, -0.15) is 0 Å². The molecule has 18 heavy (non-hydrogen) atoms. The molecule has 0 fully saturated rings. The molecule has 5 nitrogen and oxygen atoms in total. The molecule has 0 aliphatic carbocycles. The van der Waals surface area contributed by atoms with Crippen LogP contribution < -0.4 is 11.1 Å². The van der Waals surface area contributed by atoms with Crippen LogP contribution >= 0.6 is 0 Å². The first-order valence-electron chi connectivity index (χ1n) is 6.04. The number of pyridine rings is 1. The molecule has 0 saturated heterocycles. The molecule has 2 aromatic rings. The van der Waals surface area contributed by atoms with E-state index in [-0.39, 0.29) is 0 Å². The number of nitrogens with one attached hydrogen (secondary N) is 1. The summed E-state index contributed by atoms with van der Waals surface area (Å²) in [4.78, 5) is 12.7. The first-order chi connectivity index (χ1) is 8.78. The normalized spacial score (nSPS) is 10.3. The van der Waals surface area contributed by atoms with Crippen molar-refractivity contribution in [2.24, 2.45) is 0 Å². The van der Waals surface area contributed by atoms with Crippen molar-refractivity contribution in [2.45, 2.75) is 26.3 Å². The summed E-state index contributed by atoms with van der Waals surface area (Å²) in [6, 6.07) is 5.67. The lowest BCUT2D eigenvalue weighted by Crippen LogP contribution is -2.06. The van der Waals surface area contributed by atoms with Gasteiger partial charge in [-0.3, -0.25) is 4.98 Å². The maximum atomic E-state index is 5.76. The maximum absolute atomic E-state index is 5.76. The van der Waals surface area contributed by atoms with Crippen molar-refractivity contribution in [3.63, 3.8) is 0 Å². The van der Waals surface area contributed by atoms with Gasteiger partial charge in [-0.25, -0.2) is 9.97 Å². The third-order valence-corrected chi connectivity index (χ3v) is 2.46. The molecule has 0 aliphatic heterocycles. The van der Waals surface area contributed by atoms with Gasteiger partial charge in [0.2, 0.25) is 0 Å². The van der Waals surface area contributed by atoms with Gasteiger partial charge in [-0.15, -0.1) is 0 Å². The first-order valence-corrected chi connectivity index (χ1v) is 6.04. The molecule has 0 bridgehead atoms. The van der Waals surface area contributed by atoms with Gasteiger partial charge in [0, 0.05) is 31.4 Å². The summed E-state index contributed by atoms with van der Waals surface area (Å²) in [6.45, 7) is 2.77. The number of nitrogens with zero attached hydrogens (tertiary/aromatic N) is 3. The van der Waals surface area contributed by atoms with Gasteiger partial charge in [-0.05, 0) is 18.1 Å². The second-order valence-electron chi connectivity index (χ2n) is 4.06. The summed E-state index contributed by atoms with van der Waals surface area (Å²) in [5.74, 6) is 2.04. The van der Waals surface area contributed by atoms with Gasteiger partial charge in [0.1, 0.15) is 17.5 Å². The van der Waals surface area contributed by atoms with Crippen molar-refractivity contribution in [1.29, 1.82) is 0 Å². The molecule has 0 atom stereocenters. The van der Waals surface area contributed by atoms with Crippen molar-refractivity contribution in [3.8, 4) is 0 Å². The van der Waals surface area contributed by atoms with E-state index in [9.17, 15) is 0 Å². The zero-order chi connectivity index (χ0) is 12.8. The Balaban J connectivity index is 2.05. The van der Waals surface area contributed by atoms with E-state index in [4.69, 9.17) is 5.73 Å². The lowest BCUT2D eigenvalue weighted by atomic mass is 10.3. The van der Waals surface area contributed by atoms with Crippen LogP contribution in [0.5, 0.6) is 0 Å². The second kappa shape index (κ2) is 5.95. The highest BCUT2D eigenvalue weighted by atomic mass is 15.0. The highest BCUT2D eigenvalue weighted by molar-refractivity contribution is 5.45. The molecule has 3 N–H and O–H groups in total. The summed E-state index contributed by atoms with van der Waals surface area (Å²) in [6.07, 6.45) is 5.42. The third-order valence-electron chi connectivity index (χ3n) is 2.46. The number of hydrogen-bond acceptors (Lipinski definition) is 5. The molecule has 0 saturated carbocycles. The topological polar surface area (TPSA) is 76.7 Å². The van der Waals surface area contributed by atoms with Gasteiger partial charge in [0.25, 0.3) is 0 Å². The van der Waals surface area contributed by atoms with Crippen LogP contribution in [0.4, 0.5) is 11.6 Å². The molecule has 0 amide bonds. The van der Waals surface area contributed by atoms with Gasteiger partial charge >= 0.3 is 0 Å². The number of aromatic nitrogens is 3. The molecule has 0 unspecified atom stereocenters. The summed E-state index contributed by atoms with van der Waals surface area (Å²) in [5.41, 5.74) is 6.86. The number of rotatable bonds is 5. The largest absolute Gasteiger partial charge is 0.384 e. The van der Waals surface area contributed by atoms with Crippen LogP contribution in [0.2, 0.25) is 0 Å². The number of nitrogen functional groups attached to an aromatic ring is 1. The molecule has 94 valence electrons. The molecule has 0 aliphatic rings. The number of anilines is 2. The minimum atomic E-state index is 0.502. The Hall–Kier alpha value is -2.17. The van der Waals surface area contributed by atoms with E-state index < -0.39 is 0 Å². The Kier molecular flexibility index (Phi) is 4.06. The van der Waals surface area contributed by atoms with E-state index in [1.807, 2.05) is 18.3 Å². The van der Waals surface area contributed by atoms with Crippen LogP contribution in [-0.2, 0) is 13.0 Å². The first kappa shape index (κ1) is 12.3. The van der Waals surface area contributed by atoms with Gasteiger partial charge in [0.05, 0.1) is 0 Å². The monoisotopic (exact) mass is 243 g/mol. The van der Waals surface area contributed by atoms with Crippen LogP contribution in [0, 0.1) is 0 Å². The molecular weight excluding hydrogens is 226 g/mol. The lowest BCUT2D eigenvalue weighted by molar-refractivity contribution is 0.836. The average Bonchev–Trinajstić information content (AvgIpc) is 2.37. The van der Waals surface area contributed by atoms with Gasteiger partial charge in [0.15, 0.2) is 0 Å². The number of hydrogen-bond donors (Lipinski definition) is 2. The SMILES string of the molecule is CCCc1nc(N)cc(NCc2cccnc2)n1. The van der Waals surface area contributed by atoms with Crippen LogP contribution in [0.25, 0.3) is 0 Å². The number of nitrogens with two attached hydrogens (primary N) is 1. The van der Waals surface area contributed by atoms with Crippen molar-refractivity contribution >= 4 is 11.6 Å². The molecule has 0 aromatic carbocycles. The van der Waals surface area contributed by atoms with Crippen LogP contribution in [-0.4, -0.2) is 15.0 Å². The zero-order valence-electron chi connectivity index (χ0n) is 10.4. The van der Waals surface area contributed by atoms with E-state index in [1.165, 1.54) is 0 Å². The predicted molar refractivity (Wildman–Crippen MR) is 72.0 cm³/mol. The highest BCUT2D eigenvalue weighted by Gasteiger charge is 2.02. The molecule has 0 radical (unpaired) electrons. The van der Waals surface area contributed by atoms with E-state index in [1.54, 1.807) is 12.3 Å². The van der Waals surface area contributed by atoms with Gasteiger partial charge in [-0.1, -0.05) is 13.0 Å². The summed E-state index contributed by atoms with van der Waals surface area (Å²) in [5, 5.41) is 3.23. The van der Waals surface area contributed by atoms with Crippen molar-refractivity contribution in [3.05, 3.63) is 42.0 Å². The third kappa shape index (κ3) is 3.41. The fourth-order valence-electron chi connectivity index (χ4n) is 1.64.